The van der Waals surface area contributed by atoms with E-state index in [-0.39, 0.29) is 12.0 Å². The fourth-order valence-corrected chi connectivity index (χ4v) is 3.83. The topological polar surface area (TPSA) is 103 Å². The van der Waals surface area contributed by atoms with E-state index >= 15 is 0 Å². The summed E-state index contributed by atoms with van der Waals surface area (Å²) in [5.41, 5.74) is 6.55. The van der Waals surface area contributed by atoms with Crippen LogP contribution in [0.25, 0.3) is 10.4 Å². The summed E-state index contributed by atoms with van der Waals surface area (Å²) in [5.74, 6) is 0.482. The van der Waals surface area contributed by atoms with Crippen LogP contribution < -0.4 is 21.1 Å². The molecular formula is C18H21N3O4S. The molecular weight excluding hydrogens is 354 g/mol. The van der Waals surface area contributed by atoms with Crippen LogP contribution in [0.15, 0.2) is 30.3 Å². The largest absolute Gasteiger partial charge is 0.497 e. The summed E-state index contributed by atoms with van der Waals surface area (Å²) >= 11 is 1.30. The van der Waals surface area contributed by atoms with E-state index in [1.54, 1.807) is 13.2 Å². The van der Waals surface area contributed by atoms with E-state index in [4.69, 9.17) is 15.2 Å². The molecule has 26 heavy (non-hydrogen) atoms. The number of nitrogens with two attached hydrogens (primary N) is 1. The van der Waals surface area contributed by atoms with Gasteiger partial charge in [-0.3, -0.25) is 10.1 Å². The Labute approximate surface area is 155 Å². The Balaban J connectivity index is 1.80. The molecule has 0 bridgehead atoms. The molecule has 1 aromatic heterocycles. The van der Waals surface area contributed by atoms with Gasteiger partial charge in [0.15, 0.2) is 0 Å². The number of rotatable bonds is 6. The fraction of sp³-hybridized carbons (Fsp3) is 0.333. The predicted octanol–water partition coefficient (Wildman–Crippen LogP) is 2.82. The third-order valence-corrected chi connectivity index (χ3v) is 5.20. The monoisotopic (exact) mass is 375 g/mol. The van der Waals surface area contributed by atoms with Crippen molar-refractivity contribution in [3.05, 3.63) is 35.9 Å². The summed E-state index contributed by atoms with van der Waals surface area (Å²) in [4.78, 5) is 24.7. The molecule has 0 saturated carbocycles. The molecule has 0 spiro atoms. The van der Waals surface area contributed by atoms with Crippen molar-refractivity contribution < 1.29 is 19.1 Å². The van der Waals surface area contributed by atoms with Gasteiger partial charge in [-0.05, 0) is 48.7 Å². The molecule has 1 aromatic carbocycles. The fourth-order valence-electron chi connectivity index (χ4n) is 2.77. The molecule has 2 heterocycles. The van der Waals surface area contributed by atoms with Gasteiger partial charge >= 0.3 is 6.03 Å². The first-order valence-corrected chi connectivity index (χ1v) is 9.13. The van der Waals surface area contributed by atoms with Gasteiger partial charge in [-0.2, -0.15) is 0 Å². The minimum atomic E-state index is -0.707. The Bertz CT molecular complexity index is 782. The summed E-state index contributed by atoms with van der Waals surface area (Å²) in [6.45, 7) is 1.18. The van der Waals surface area contributed by atoms with Crippen LogP contribution >= 0.6 is 11.3 Å². The molecule has 3 amide bonds. The molecule has 8 heteroatoms. The summed E-state index contributed by atoms with van der Waals surface area (Å²) in [6, 6.07) is 8.52. The highest BCUT2D eigenvalue weighted by atomic mass is 32.1. The van der Waals surface area contributed by atoms with E-state index in [0.29, 0.717) is 17.1 Å². The van der Waals surface area contributed by atoms with Gasteiger partial charge in [0.25, 0.3) is 5.91 Å². The Hall–Kier alpha value is -2.58. The zero-order valence-electron chi connectivity index (χ0n) is 14.4. The van der Waals surface area contributed by atoms with Crippen LogP contribution in [0.5, 0.6) is 5.75 Å². The van der Waals surface area contributed by atoms with Gasteiger partial charge in [-0.1, -0.05) is 0 Å². The second-order valence-electron chi connectivity index (χ2n) is 5.92. The van der Waals surface area contributed by atoms with Crippen LogP contribution in [-0.4, -0.2) is 38.3 Å². The molecule has 3 rings (SSSR count). The summed E-state index contributed by atoms with van der Waals surface area (Å²) < 4.78 is 10.7. The number of primary amides is 1. The lowest BCUT2D eigenvalue weighted by molar-refractivity contribution is 0.0859. The second-order valence-corrected chi connectivity index (χ2v) is 6.97. The number of urea groups is 1. The van der Waals surface area contributed by atoms with Gasteiger partial charge in [0, 0.05) is 18.0 Å². The number of carbonyl (C=O) groups is 2. The quantitative estimate of drug-likeness (QED) is 0.722. The van der Waals surface area contributed by atoms with Gasteiger partial charge in [-0.15, -0.1) is 11.3 Å². The minimum Gasteiger partial charge on any atom is -0.497 e. The zero-order chi connectivity index (χ0) is 18.5. The Morgan fingerprint density at radius 1 is 1.35 bits per heavy atom. The molecule has 1 fully saturated rings. The third-order valence-electron chi connectivity index (χ3n) is 4.10. The third kappa shape index (κ3) is 4.33. The van der Waals surface area contributed by atoms with Crippen molar-refractivity contribution in [3.8, 4) is 16.2 Å². The van der Waals surface area contributed by atoms with Gasteiger partial charge in [0.1, 0.15) is 10.8 Å². The summed E-state index contributed by atoms with van der Waals surface area (Å²) in [5, 5.41) is 5.83. The first kappa shape index (κ1) is 18.2. The smallest absolute Gasteiger partial charge is 0.317 e. The van der Waals surface area contributed by atoms with Crippen LogP contribution in [0.4, 0.5) is 9.80 Å². The lowest BCUT2D eigenvalue weighted by Crippen LogP contribution is -2.32. The molecule has 7 nitrogen and oxygen atoms in total. The SMILES string of the molecule is COc1ccc(-c2cc(C(=O)NCC3CCCO3)c(NC(N)=O)s2)cc1. The number of amides is 3. The number of hydrogen-bond donors (Lipinski definition) is 3. The van der Waals surface area contributed by atoms with Crippen LogP contribution in [-0.2, 0) is 4.74 Å². The van der Waals surface area contributed by atoms with E-state index < -0.39 is 6.03 Å². The van der Waals surface area contributed by atoms with Crippen LogP contribution in [0.2, 0.25) is 0 Å². The average Bonchev–Trinajstić information content (AvgIpc) is 3.29. The van der Waals surface area contributed by atoms with Gasteiger partial charge in [0.05, 0.1) is 18.8 Å². The first-order chi connectivity index (χ1) is 12.6. The lowest BCUT2D eigenvalue weighted by Gasteiger charge is -2.11. The van der Waals surface area contributed by atoms with Gasteiger partial charge in [-0.25, -0.2) is 4.79 Å². The number of hydrogen-bond acceptors (Lipinski definition) is 5. The number of thiophene rings is 1. The van der Waals surface area contributed by atoms with E-state index in [9.17, 15) is 9.59 Å². The maximum atomic E-state index is 12.6. The number of anilines is 1. The number of ether oxygens (including phenoxy) is 2. The van der Waals surface area contributed by atoms with Gasteiger partial charge < -0.3 is 20.5 Å². The summed E-state index contributed by atoms with van der Waals surface area (Å²) in [6.07, 6.45) is 1.99. The molecule has 1 aliphatic heterocycles. The Morgan fingerprint density at radius 2 is 2.12 bits per heavy atom. The number of nitrogens with one attached hydrogen (secondary N) is 2. The van der Waals surface area contributed by atoms with Crippen molar-refractivity contribution in [2.24, 2.45) is 5.73 Å². The molecule has 138 valence electrons. The maximum Gasteiger partial charge on any atom is 0.317 e. The standard InChI is InChI=1S/C18H21N3O4S/c1-24-12-6-4-11(5-7-12)15-9-14(17(26-15)21-18(19)23)16(22)20-10-13-3-2-8-25-13/h4-7,9,13H,2-3,8,10H2,1H3,(H,20,22)(H3,19,21,23). The van der Waals surface area contributed by atoms with E-state index in [2.05, 4.69) is 10.6 Å². The molecule has 0 aliphatic carbocycles. The summed E-state index contributed by atoms with van der Waals surface area (Å²) in [7, 11) is 1.60. The molecule has 1 atom stereocenters. The van der Waals surface area contributed by atoms with E-state index in [0.717, 1.165) is 35.6 Å². The minimum absolute atomic E-state index is 0.0474. The van der Waals surface area contributed by atoms with Crippen molar-refractivity contribution in [3.63, 3.8) is 0 Å². The highest BCUT2D eigenvalue weighted by Gasteiger charge is 2.21. The number of benzene rings is 1. The van der Waals surface area contributed by atoms with Crippen LogP contribution in [0.1, 0.15) is 23.2 Å². The van der Waals surface area contributed by atoms with E-state index in [1.807, 2.05) is 24.3 Å². The molecule has 1 aliphatic rings. The normalized spacial score (nSPS) is 16.3. The molecule has 1 saturated heterocycles. The number of methoxy groups -OCH3 is 1. The molecule has 2 aromatic rings. The van der Waals surface area contributed by atoms with E-state index in [1.165, 1.54) is 11.3 Å². The molecule has 4 N–H and O–H groups in total. The van der Waals surface area contributed by atoms with Crippen molar-refractivity contribution in [2.75, 3.05) is 25.6 Å². The van der Waals surface area contributed by atoms with Crippen molar-refractivity contribution in [1.82, 2.24) is 5.32 Å². The predicted molar refractivity (Wildman–Crippen MR) is 101 cm³/mol. The van der Waals surface area contributed by atoms with Crippen LogP contribution in [0, 0.1) is 0 Å². The molecule has 1 unspecified atom stereocenters. The molecule has 0 radical (unpaired) electrons. The highest BCUT2D eigenvalue weighted by molar-refractivity contribution is 7.20. The maximum absolute atomic E-state index is 12.6. The van der Waals surface area contributed by atoms with Crippen molar-refractivity contribution >= 4 is 28.3 Å². The Morgan fingerprint density at radius 3 is 2.73 bits per heavy atom. The lowest BCUT2D eigenvalue weighted by atomic mass is 10.1. The highest BCUT2D eigenvalue weighted by Crippen LogP contribution is 2.36. The van der Waals surface area contributed by atoms with Crippen molar-refractivity contribution in [1.29, 1.82) is 0 Å². The van der Waals surface area contributed by atoms with Crippen LogP contribution in [0.3, 0.4) is 0 Å². The Kier molecular flexibility index (Phi) is 5.75. The number of carbonyl (C=O) groups excluding carboxylic acids is 2. The van der Waals surface area contributed by atoms with Gasteiger partial charge in [0.2, 0.25) is 0 Å². The average molecular weight is 375 g/mol. The second kappa shape index (κ2) is 8.20. The zero-order valence-corrected chi connectivity index (χ0v) is 15.2. The first-order valence-electron chi connectivity index (χ1n) is 8.31. The van der Waals surface area contributed by atoms with Crippen molar-refractivity contribution in [2.45, 2.75) is 18.9 Å².